The van der Waals surface area contributed by atoms with Crippen molar-refractivity contribution in [2.24, 2.45) is 5.73 Å². The smallest absolute Gasteiger partial charge is 0.384 e. The average Bonchev–Trinajstić information content (AvgIpc) is 1.48. The van der Waals surface area contributed by atoms with Gasteiger partial charge in [0, 0.05) is 0 Å². The summed E-state index contributed by atoms with van der Waals surface area (Å²) in [6.45, 7) is 0. The fourth-order valence-electron chi connectivity index (χ4n) is 0.417. The highest BCUT2D eigenvalue weighted by molar-refractivity contribution is 5.64. The molecule has 0 aromatic carbocycles. The highest BCUT2D eigenvalue weighted by Gasteiger charge is 2.46. The Kier molecular flexibility index (Phi) is 2.83. The van der Waals surface area contributed by atoms with E-state index >= 15 is 0 Å². The fourth-order valence-corrected chi connectivity index (χ4v) is 0.417. The molecule has 0 atom stereocenters. The van der Waals surface area contributed by atoms with Crippen LogP contribution in [0.5, 0.6) is 0 Å². The highest BCUT2D eigenvalue weighted by Crippen LogP contribution is 2.31. The van der Waals surface area contributed by atoms with Crippen LogP contribution < -0.4 is 5.73 Å². The summed E-state index contributed by atoms with van der Waals surface area (Å²) in [5, 5.41) is 0. The first-order valence-corrected chi connectivity index (χ1v) is 2.55. The molecule has 0 aliphatic rings. The summed E-state index contributed by atoms with van der Waals surface area (Å²) in [6.07, 6.45) is -14.2. The van der Waals surface area contributed by atoms with Gasteiger partial charge in [-0.15, -0.1) is 0 Å². The van der Waals surface area contributed by atoms with E-state index < -0.39 is 24.8 Å². The zero-order valence-electron chi connectivity index (χ0n) is 5.49. The summed E-state index contributed by atoms with van der Waals surface area (Å²) >= 11 is 0. The summed E-state index contributed by atoms with van der Waals surface area (Å²) in [4.78, 5) is 9.65. The van der Waals surface area contributed by atoms with Gasteiger partial charge in [0.1, 0.15) is 6.42 Å². The molecule has 72 valence electrons. The molecule has 0 heterocycles. The van der Waals surface area contributed by atoms with Crippen molar-refractivity contribution in [3.05, 3.63) is 0 Å². The van der Waals surface area contributed by atoms with Gasteiger partial charge >= 0.3 is 18.4 Å². The van der Waals surface area contributed by atoms with Crippen molar-refractivity contribution in [3.8, 4) is 0 Å². The highest BCUT2D eigenvalue weighted by atomic mass is 19.4. The third kappa shape index (κ3) is 5.69. The minimum Gasteiger partial charge on any atom is -0.384 e. The van der Waals surface area contributed by atoms with E-state index in [1.807, 2.05) is 0 Å². The minimum absolute atomic E-state index is 1.95. The Bertz CT molecular complexity index is 177. The predicted molar refractivity (Wildman–Crippen MR) is 26.3 cm³/mol. The number of carbonyl (C=O) groups excluding carboxylic acids is 1. The molecule has 3 nitrogen and oxygen atoms in total. The van der Waals surface area contributed by atoms with Crippen molar-refractivity contribution >= 4 is 6.09 Å². The van der Waals surface area contributed by atoms with Gasteiger partial charge in [-0.05, 0) is 0 Å². The summed E-state index contributed by atoms with van der Waals surface area (Å²) in [6, 6.07) is 0. The minimum atomic E-state index is -5.11. The van der Waals surface area contributed by atoms with Crippen LogP contribution in [0, 0.1) is 0 Å². The SMILES string of the molecule is NC(=O)OC(F)(F)CC(F)(F)F. The molecule has 0 fully saturated rings. The third-order valence-electron chi connectivity index (χ3n) is 0.656. The normalized spacial score (nSPS) is 12.8. The van der Waals surface area contributed by atoms with E-state index in [1.165, 1.54) is 0 Å². The van der Waals surface area contributed by atoms with Gasteiger partial charge in [0.15, 0.2) is 0 Å². The second-order valence-electron chi connectivity index (χ2n) is 1.85. The van der Waals surface area contributed by atoms with Crippen LogP contribution in [0.3, 0.4) is 0 Å². The number of carbonyl (C=O) groups is 1. The number of rotatable bonds is 2. The van der Waals surface area contributed by atoms with Crippen LogP contribution in [0.15, 0.2) is 0 Å². The molecule has 8 heteroatoms. The fraction of sp³-hybridized carbons (Fsp3) is 0.750. The van der Waals surface area contributed by atoms with Crippen LogP contribution in [0.4, 0.5) is 26.7 Å². The average molecular weight is 193 g/mol. The number of hydrogen-bond acceptors (Lipinski definition) is 2. The number of alkyl halides is 5. The van der Waals surface area contributed by atoms with Gasteiger partial charge in [-0.25, -0.2) is 4.79 Å². The molecule has 0 radical (unpaired) electrons. The lowest BCUT2D eigenvalue weighted by atomic mass is 10.4. The van der Waals surface area contributed by atoms with Crippen LogP contribution in [0.2, 0.25) is 0 Å². The topological polar surface area (TPSA) is 52.3 Å². The van der Waals surface area contributed by atoms with Crippen molar-refractivity contribution in [2.75, 3.05) is 0 Å². The quantitative estimate of drug-likeness (QED) is 0.677. The van der Waals surface area contributed by atoms with E-state index in [0.29, 0.717) is 0 Å². The van der Waals surface area contributed by atoms with Crippen molar-refractivity contribution < 1.29 is 31.5 Å². The molecule has 0 unspecified atom stereocenters. The van der Waals surface area contributed by atoms with E-state index in [4.69, 9.17) is 0 Å². The Morgan fingerprint density at radius 2 is 1.67 bits per heavy atom. The molecular weight excluding hydrogens is 189 g/mol. The first-order valence-electron chi connectivity index (χ1n) is 2.55. The molecule has 0 rings (SSSR count). The standard InChI is InChI=1S/C4H4F5NO2/c5-3(6,7)1-4(8,9)12-2(10)11/h1H2,(H2,10,11). The molecule has 1 amide bonds. The summed E-state index contributed by atoms with van der Waals surface area (Å²) in [7, 11) is 0. The Morgan fingerprint density at radius 3 is 1.92 bits per heavy atom. The first kappa shape index (κ1) is 10.9. The number of amides is 1. The van der Waals surface area contributed by atoms with Crippen molar-refractivity contribution in [2.45, 2.75) is 18.7 Å². The number of nitrogens with two attached hydrogens (primary N) is 1. The third-order valence-corrected chi connectivity index (χ3v) is 0.656. The maximum absolute atomic E-state index is 11.9. The molecule has 0 spiro atoms. The summed E-state index contributed by atoms with van der Waals surface area (Å²) in [5.74, 6) is 0. The molecule has 0 aliphatic carbocycles. The van der Waals surface area contributed by atoms with Crippen LogP contribution in [-0.4, -0.2) is 18.4 Å². The van der Waals surface area contributed by atoms with E-state index in [9.17, 15) is 26.7 Å². The monoisotopic (exact) mass is 193 g/mol. The number of primary amides is 1. The zero-order chi connectivity index (χ0) is 9.99. The second kappa shape index (κ2) is 3.11. The number of ether oxygens (including phenoxy) is 1. The van der Waals surface area contributed by atoms with Gasteiger partial charge in [-0.3, -0.25) is 0 Å². The molecule has 0 saturated carbocycles. The molecule has 12 heavy (non-hydrogen) atoms. The van der Waals surface area contributed by atoms with Gasteiger partial charge < -0.3 is 10.5 Å². The Labute approximate surface area is 63.3 Å². The Morgan fingerprint density at radius 1 is 1.25 bits per heavy atom. The van der Waals surface area contributed by atoms with Gasteiger partial charge in [0.25, 0.3) is 0 Å². The molecule has 0 saturated heterocycles. The Hall–Kier alpha value is -1.08. The molecule has 0 aromatic rings. The van der Waals surface area contributed by atoms with E-state index in [-0.39, 0.29) is 0 Å². The second-order valence-corrected chi connectivity index (χ2v) is 1.85. The maximum Gasteiger partial charge on any atom is 0.409 e. The van der Waals surface area contributed by atoms with Gasteiger partial charge in [0.05, 0.1) is 0 Å². The number of halogens is 5. The lowest BCUT2D eigenvalue weighted by Crippen LogP contribution is -2.33. The van der Waals surface area contributed by atoms with Gasteiger partial charge in [-0.2, -0.15) is 22.0 Å². The molecule has 0 aliphatic heterocycles. The van der Waals surface area contributed by atoms with Crippen LogP contribution in [-0.2, 0) is 4.74 Å². The maximum atomic E-state index is 11.9. The molecule has 0 aromatic heterocycles. The van der Waals surface area contributed by atoms with Gasteiger partial charge in [-0.1, -0.05) is 0 Å². The summed E-state index contributed by atoms with van der Waals surface area (Å²) in [5.41, 5.74) is 4.09. The van der Waals surface area contributed by atoms with Crippen LogP contribution >= 0.6 is 0 Å². The van der Waals surface area contributed by atoms with Gasteiger partial charge in [0.2, 0.25) is 0 Å². The predicted octanol–water partition coefficient (Wildman–Crippen LogP) is 1.63. The summed E-state index contributed by atoms with van der Waals surface area (Å²) < 4.78 is 60.6. The van der Waals surface area contributed by atoms with Crippen molar-refractivity contribution in [1.29, 1.82) is 0 Å². The largest absolute Gasteiger partial charge is 0.409 e. The molecular formula is C4H4F5NO2. The first-order chi connectivity index (χ1) is 5.12. The van der Waals surface area contributed by atoms with Crippen molar-refractivity contribution in [1.82, 2.24) is 0 Å². The zero-order valence-corrected chi connectivity index (χ0v) is 5.49. The lowest BCUT2D eigenvalue weighted by Gasteiger charge is -2.16. The van der Waals surface area contributed by atoms with Crippen LogP contribution in [0.1, 0.15) is 6.42 Å². The Balaban J connectivity index is 4.13. The van der Waals surface area contributed by atoms with E-state index in [2.05, 4.69) is 10.5 Å². The van der Waals surface area contributed by atoms with E-state index in [1.54, 1.807) is 0 Å². The van der Waals surface area contributed by atoms with E-state index in [0.717, 1.165) is 0 Å². The van der Waals surface area contributed by atoms with Crippen LogP contribution in [0.25, 0.3) is 0 Å². The molecule has 2 N–H and O–H groups in total. The molecule has 0 bridgehead atoms. The van der Waals surface area contributed by atoms with Crippen molar-refractivity contribution in [3.63, 3.8) is 0 Å². The number of hydrogen-bond donors (Lipinski definition) is 1. The lowest BCUT2D eigenvalue weighted by molar-refractivity contribution is -0.265.